The van der Waals surface area contributed by atoms with E-state index >= 15 is 0 Å². The highest BCUT2D eigenvalue weighted by molar-refractivity contribution is 5.77. The van der Waals surface area contributed by atoms with E-state index in [1.54, 1.807) is 7.05 Å². The van der Waals surface area contributed by atoms with E-state index in [-0.39, 0.29) is 12.1 Å². The van der Waals surface area contributed by atoms with Crippen LogP contribution >= 0.6 is 0 Å². The van der Waals surface area contributed by atoms with Crippen LogP contribution in [0, 0.1) is 0 Å². The molecule has 0 atom stereocenters. The van der Waals surface area contributed by atoms with Crippen LogP contribution in [0.2, 0.25) is 0 Å². The zero-order chi connectivity index (χ0) is 18.8. The fraction of sp³-hybridized carbons (Fsp3) is 0.562. The fourth-order valence-corrected chi connectivity index (χ4v) is 2.75. The van der Waals surface area contributed by atoms with Crippen LogP contribution in [0.1, 0.15) is 36.8 Å². The Morgan fingerprint density at radius 2 is 1.52 bits per heavy atom. The molecule has 0 N–H and O–H groups in total. The molecule has 1 aromatic rings. The van der Waals surface area contributed by atoms with Crippen molar-refractivity contribution < 1.29 is 35.9 Å². The van der Waals surface area contributed by atoms with Gasteiger partial charge in [-0.2, -0.15) is 26.3 Å². The maximum absolute atomic E-state index is 12.8. The first-order valence-electron chi connectivity index (χ1n) is 7.66. The first-order chi connectivity index (χ1) is 11.5. The van der Waals surface area contributed by atoms with Crippen molar-refractivity contribution in [1.82, 2.24) is 4.90 Å². The molecule has 2 rings (SSSR count). The van der Waals surface area contributed by atoms with Crippen molar-refractivity contribution in [1.29, 1.82) is 0 Å². The summed E-state index contributed by atoms with van der Waals surface area (Å²) < 4.78 is 81.5. The fourth-order valence-electron chi connectivity index (χ4n) is 2.75. The average molecular weight is 369 g/mol. The first kappa shape index (κ1) is 19.4. The molecule has 140 valence electrons. The van der Waals surface area contributed by atoms with Gasteiger partial charge >= 0.3 is 12.4 Å². The van der Waals surface area contributed by atoms with E-state index in [4.69, 9.17) is 4.74 Å². The van der Waals surface area contributed by atoms with Crippen LogP contribution in [-0.2, 0) is 17.1 Å². The third-order valence-electron chi connectivity index (χ3n) is 4.19. The number of nitrogens with zero attached hydrogens (tertiary/aromatic N) is 1. The average Bonchev–Trinajstić information content (AvgIpc) is 3.04. The largest absolute Gasteiger partial charge is 0.484 e. The van der Waals surface area contributed by atoms with Crippen LogP contribution in [0.5, 0.6) is 5.75 Å². The summed E-state index contributed by atoms with van der Waals surface area (Å²) >= 11 is 0. The number of carbonyl (C=O) groups excluding carboxylic acids is 1. The Morgan fingerprint density at radius 3 is 1.96 bits per heavy atom. The highest BCUT2D eigenvalue weighted by Gasteiger charge is 2.37. The topological polar surface area (TPSA) is 29.5 Å². The number of likely N-dealkylation sites (N-methyl/N-ethyl adjacent to an activating group) is 1. The Kier molecular flexibility index (Phi) is 5.53. The number of rotatable bonds is 4. The van der Waals surface area contributed by atoms with Crippen molar-refractivity contribution >= 4 is 5.91 Å². The minimum absolute atomic E-state index is 0.0132. The highest BCUT2D eigenvalue weighted by atomic mass is 19.4. The first-order valence-corrected chi connectivity index (χ1v) is 7.66. The molecule has 0 bridgehead atoms. The Balaban J connectivity index is 2.14. The summed E-state index contributed by atoms with van der Waals surface area (Å²) in [5.41, 5.74) is -2.96. The monoisotopic (exact) mass is 369 g/mol. The van der Waals surface area contributed by atoms with Crippen LogP contribution in [0.25, 0.3) is 0 Å². The number of halogens is 6. The second kappa shape index (κ2) is 7.13. The number of hydrogen-bond acceptors (Lipinski definition) is 2. The van der Waals surface area contributed by atoms with Gasteiger partial charge in [0.1, 0.15) is 5.75 Å². The molecule has 3 nitrogen and oxygen atoms in total. The van der Waals surface area contributed by atoms with E-state index < -0.39 is 41.7 Å². The molecule has 1 amide bonds. The molecular formula is C16H17F6NO2. The molecule has 0 saturated heterocycles. The van der Waals surface area contributed by atoms with Gasteiger partial charge in [0.2, 0.25) is 0 Å². The van der Waals surface area contributed by atoms with Crippen molar-refractivity contribution in [3.8, 4) is 5.75 Å². The van der Waals surface area contributed by atoms with E-state index in [1.807, 2.05) is 0 Å². The third kappa shape index (κ3) is 5.02. The molecule has 0 radical (unpaired) electrons. The van der Waals surface area contributed by atoms with E-state index in [0.29, 0.717) is 12.1 Å². The number of carbonyl (C=O) groups is 1. The Hall–Kier alpha value is -1.93. The Bertz CT molecular complexity index is 588. The predicted molar refractivity (Wildman–Crippen MR) is 77.0 cm³/mol. The summed E-state index contributed by atoms with van der Waals surface area (Å²) in [7, 11) is 1.55. The summed E-state index contributed by atoms with van der Waals surface area (Å²) in [5, 5.41) is 0. The van der Waals surface area contributed by atoms with Gasteiger partial charge in [-0.15, -0.1) is 0 Å². The molecular weight excluding hydrogens is 352 g/mol. The van der Waals surface area contributed by atoms with E-state index in [9.17, 15) is 31.1 Å². The van der Waals surface area contributed by atoms with Crippen LogP contribution in [0.3, 0.4) is 0 Å². The maximum Gasteiger partial charge on any atom is 0.416 e. The van der Waals surface area contributed by atoms with Gasteiger partial charge in [-0.05, 0) is 31.0 Å². The second-order valence-electron chi connectivity index (χ2n) is 5.97. The zero-order valence-electron chi connectivity index (χ0n) is 13.4. The van der Waals surface area contributed by atoms with Crippen molar-refractivity contribution in [2.45, 2.75) is 44.1 Å². The number of alkyl halides is 6. The molecule has 0 aliphatic heterocycles. The molecule has 0 heterocycles. The summed E-state index contributed by atoms with van der Waals surface area (Å²) in [6.45, 7) is -0.619. The molecule has 1 saturated carbocycles. The van der Waals surface area contributed by atoms with Crippen molar-refractivity contribution in [3.05, 3.63) is 29.3 Å². The molecule has 1 aliphatic carbocycles. The molecule has 0 spiro atoms. The van der Waals surface area contributed by atoms with Crippen LogP contribution in [0.4, 0.5) is 26.3 Å². The van der Waals surface area contributed by atoms with Gasteiger partial charge in [0, 0.05) is 13.1 Å². The van der Waals surface area contributed by atoms with Gasteiger partial charge in [-0.3, -0.25) is 4.79 Å². The quantitative estimate of drug-likeness (QED) is 0.732. The lowest BCUT2D eigenvalue weighted by atomic mass is 10.1. The van der Waals surface area contributed by atoms with Gasteiger partial charge in [0.15, 0.2) is 6.61 Å². The Labute approximate surface area is 140 Å². The third-order valence-corrected chi connectivity index (χ3v) is 4.19. The van der Waals surface area contributed by atoms with Gasteiger partial charge in [-0.25, -0.2) is 0 Å². The van der Waals surface area contributed by atoms with Crippen molar-refractivity contribution in [2.75, 3.05) is 13.7 Å². The molecule has 1 fully saturated rings. The van der Waals surface area contributed by atoms with Gasteiger partial charge in [0.05, 0.1) is 11.1 Å². The summed E-state index contributed by atoms with van der Waals surface area (Å²) in [4.78, 5) is 13.5. The number of ether oxygens (including phenoxy) is 1. The predicted octanol–water partition coefficient (Wildman–Crippen LogP) is 4.50. The summed E-state index contributed by atoms with van der Waals surface area (Å²) in [5.74, 6) is -1.13. The normalized spacial score (nSPS) is 16.1. The zero-order valence-corrected chi connectivity index (χ0v) is 13.4. The smallest absolute Gasteiger partial charge is 0.416 e. The number of benzene rings is 1. The molecule has 0 aromatic heterocycles. The standard InChI is InChI=1S/C16H17F6NO2/c1-23(12-4-2-3-5-12)14(24)9-25-13-7-10(15(17,18)19)6-11(8-13)16(20,21)22/h6-8,12H,2-5,9H2,1H3. The molecule has 0 unspecified atom stereocenters. The lowest BCUT2D eigenvalue weighted by Crippen LogP contribution is -2.38. The van der Waals surface area contributed by atoms with Gasteiger partial charge in [0.25, 0.3) is 5.91 Å². The highest BCUT2D eigenvalue weighted by Crippen LogP contribution is 2.38. The van der Waals surface area contributed by atoms with E-state index in [0.717, 1.165) is 25.7 Å². The van der Waals surface area contributed by atoms with Gasteiger partial charge < -0.3 is 9.64 Å². The molecule has 9 heteroatoms. The van der Waals surface area contributed by atoms with Crippen molar-refractivity contribution in [3.63, 3.8) is 0 Å². The number of amides is 1. The molecule has 25 heavy (non-hydrogen) atoms. The SMILES string of the molecule is CN(C(=O)COc1cc(C(F)(F)F)cc(C(F)(F)F)c1)C1CCCC1. The lowest BCUT2D eigenvalue weighted by molar-refractivity contribution is -0.143. The van der Waals surface area contributed by atoms with Crippen LogP contribution in [0.15, 0.2) is 18.2 Å². The minimum Gasteiger partial charge on any atom is -0.484 e. The molecule has 1 aromatic carbocycles. The van der Waals surface area contributed by atoms with Crippen molar-refractivity contribution in [2.24, 2.45) is 0 Å². The lowest BCUT2D eigenvalue weighted by Gasteiger charge is -2.24. The maximum atomic E-state index is 12.8. The molecule has 1 aliphatic rings. The summed E-state index contributed by atoms with van der Waals surface area (Å²) in [6, 6.07) is 0.957. The van der Waals surface area contributed by atoms with E-state index in [2.05, 4.69) is 0 Å². The number of hydrogen-bond donors (Lipinski definition) is 0. The Morgan fingerprint density at radius 1 is 1.04 bits per heavy atom. The second-order valence-corrected chi connectivity index (χ2v) is 5.97. The van der Waals surface area contributed by atoms with Crippen LogP contribution in [-0.4, -0.2) is 30.5 Å². The summed E-state index contributed by atoms with van der Waals surface area (Å²) in [6.07, 6.45) is -6.31. The van der Waals surface area contributed by atoms with Crippen LogP contribution < -0.4 is 4.74 Å². The van der Waals surface area contributed by atoms with E-state index in [1.165, 1.54) is 4.90 Å². The minimum atomic E-state index is -4.95. The van der Waals surface area contributed by atoms with Gasteiger partial charge in [-0.1, -0.05) is 12.8 Å².